The minimum atomic E-state index is -0.511. The smallest absolute Gasteiger partial charge is 0.285 e. The number of benzene rings is 1. The average molecular weight is 307 g/mol. The molecule has 22 heavy (non-hydrogen) atoms. The van der Waals surface area contributed by atoms with Crippen molar-refractivity contribution in [3.8, 4) is 0 Å². The number of nitro benzene ring substituents is 1. The van der Waals surface area contributed by atoms with Crippen molar-refractivity contribution >= 4 is 11.6 Å². The molecule has 120 valence electrons. The van der Waals surface area contributed by atoms with Crippen LogP contribution in [0.5, 0.6) is 0 Å². The van der Waals surface area contributed by atoms with Crippen LogP contribution in [0.15, 0.2) is 18.2 Å². The quantitative estimate of drug-likeness (QED) is 0.612. The van der Waals surface area contributed by atoms with Gasteiger partial charge in [-0.3, -0.25) is 14.9 Å². The van der Waals surface area contributed by atoms with Crippen LogP contribution < -0.4 is 10.6 Å². The van der Waals surface area contributed by atoms with Crippen molar-refractivity contribution in [2.45, 2.75) is 25.3 Å². The topological polar surface area (TPSA) is 93.5 Å². The van der Waals surface area contributed by atoms with Crippen molar-refractivity contribution in [3.63, 3.8) is 0 Å². The molecule has 2 rings (SSSR count). The van der Waals surface area contributed by atoms with E-state index in [0.717, 1.165) is 19.4 Å². The molecule has 1 aromatic carbocycles. The van der Waals surface area contributed by atoms with Gasteiger partial charge in [-0.05, 0) is 32.4 Å². The Morgan fingerprint density at radius 1 is 1.55 bits per heavy atom. The molecule has 0 radical (unpaired) electrons. The lowest BCUT2D eigenvalue weighted by molar-refractivity contribution is -0.385. The second-order valence-corrected chi connectivity index (χ2v) is 5.65. The molecular formula is C15H21N3O4. The highest BCUT2D eigenvalue weighted by atomic mass is 16.6. The molecule has 1 aliphatic rings. The average Bonchev–Trinajstić information content (AvgIpc) is 2.93. The zero-order valence-corrected chi connectivity index (χ0v) is 12.8. The number of nitrogens with zero attached hydrogens (tertiary/aromatic N) is 1. The number of aryl methyl sites for hydroxylation is 1. The molecule has 0 bridgehead atoms. The highest BCUT2D eigenvalue weighted by Crippen LogP contribution is 2.24. The van der Waals surface area contributed by atoms with E-state index in [0.29, 0.717) is 18.7 Å². The number of para-hydroxylation sites is 1. The molecule has 7 nitrogen and oxygen atoms in total. The van der Waals surface area contributed by atoms with Gasteiger partial charge in [0, 0.05) is 19.2 Å². The minimum absolute atomic E-state index is 0.0931. The molecule has 1 saturated heterocycles. The lowest BCUT2D eigenvalue weighted by atomic mass is 9.98. The first-order valence-corrected chi connectivity index (χ1v) is 7.25. The van der Waals surface area contributed by atoms with Crippen LogP contribution in [0.1, 0.15) is 28.8 Å². The lowest BCUT2D eigenvalue weighted by Crippen LogP contribution is -2.53. The van der Waals surface area contributed by atoms with Crippen LogP contribution in [0.25, 0.3) is 0 Å². The number of rotatable bonds is 6. The number of carbonyl (C=O) groups is 1. The Labute approximate surface area is 129 Å². The van der Waals surface area contributed by atoms with Crippen LogP contribution in [0.4, 0.5) is 5.69 Å². The molecule has 1 fully saturated rings. The monoisotopic (exact) mass is 307 g/mol. The highest BCUT2D eigenvalue weighted by Gasteiger charge is 2.34. The minimum Gasteiger partial charge on any atom is -0.383 e. The molecular weight excluding hydrogens is 286 g/mol. The summed E-state index contributed by atoms with van der Waals surface area (Å²) in [5, 5.41) is 17.3. The van der Waals surface area contributed by atoms with E-state index in [1.807, 2.05) is 0 Å². The number of amides is 1. The van der Waals surface area contributed by atoms with E-state index in [1.165, 1.54) is 6.07 Å². The SMILES string of the molecule is COCC1(CNC(=O)c2cccc(C)c2[N+](=O)[O-])CCCN1. The summed E-state index contributed by atoms with van der Waals surface area (Å²) in [5.41, 5.74) is 0.141. The number of hydrogen-bond donors (Lipinski definition) is 2. The summed E-state index contributed by atoms with van der Waals surface area (Å²) >= 11 is 0. The number of methoxy groups -OCH3 is 1. The zero-order valence-electron chi connectivity index (χ0n) is 12.8. The van der Waals surface area contributed by atoms with Gasteiger partial charge in [0.25, 0.3) is 11.6 Å². The van der Waals surface area contributed by atoms with E-state index < -0.39 is 10.8 Å². The fourth-order valence-electron chi connectivity index (χ4n) is 2.90. The van der Waals surface area contributed by atoms with Crippen molar-refractivity contribution < 1.29 is 14.5 Å². The molecule has 0 aliphatic carbocycles. The zero-order chi connectivity index (χ0) is 16.2. The van der Waals surface area contributed by atoms with Crippen molar-refractivity contribution in [1.82, 2.24) is 10.6 Å². The normalized spacial score (nSPS) is 20.8. The van der Waals surface area contributed by atoms with Crippen LogP contribution in [0.3, 0.4) is 0 Å². The molecule has 0 saturated carbocycles. The second-order valence-electron chi connectivity index (χ2n) is 5.65. The van der Waals surface area contributed by atoms with Crippen LogP contribution in [0, 0.1) is 17.0 Å². The number of nitrogens with one attached hydrogen (secondary N) is 2. The third-order valence-electron chi connectivity index (χ3n) is 4.01. The van der Waals surface area contributed by atoms with E-state index in [4.69, 9.17) is 4.74 Å². The summed E-state index contributed by atoms with van der Waals surface area (Å²) < 4.78 is 5.23. The van der Waals surface area contributed by atoms with E-state index in [2.05, 4.69) is 10.6 Å². The lowest BCUT2D eigenvalue weighted by Gasteiger charge is -2.28. The van der Waals surface area contributed by atoms with Gasteiger partial charge in [-0.2, -0.15) is 0 Å². The van der Waals surface area contributed by atoms with E-state index in [-0.39, 0.29) is 16.8 Å². The molecule has 7 heteroatoms. The molecule has 0 aromatic heterocycles. The van der Waals surface area contributed by atoms with Crippen molar-refractivity contribution in [2.24, 2.45) is 0 Å². The van der Waals surface area contributed by atoms with Gasteiger partial charge in [0.05, 0.1) is 17.1 Å². The van der Waals surface area contributed by atoms with Crippen LogP contribution in [0.2, 0.25) is 0 Å². The Bertz CT molecular complexity index is 568. The van der Waals surface area contributed by atoms with Gasteiger partial charge < -0.3 is 15.4 Å². The molecule has 1 amide bonds. The standard InChI is InChI=1S/C15H21N3O4/c1-11-5-3-6-12(13(11)18(20)21)14(19)16-9-15(10-22-2)7-4-8-17-15/h3,5-6,17H,4,7-10H2,1-2H3,(H,16,19). The Hall–Kier alpha value is -1.99. The van der Waals surface area contributed by atoms with Crippen LogP contribution >= 0.6 is 0 Å². The van der Waals surface area contributed by atoms with Crippen molar-refractivity contribution in [1.29, 1.82) is 0 Å². The van der Waals surface area contributed by atoms with Gasteiger partial charge in [0.15, 0.2) is 0 Å². The maximum absolute atomic E-state index is 12.3. The van der Waals surface area contributed by atoms with E-state index >= 15 is 0 Å². The summed E-state index contributed by atoms with van der Waals surface area (Å²) in [6, 6.07) is 4.75. The van der Waals surface area contributed by atoms with Crippen LogP contribution in [-0.2, 0) is 4.74 Å². The van der Waals surface area contributed by atoms with Gasteiger partial charge in [0.1, 0.15) is 5.56 Å². The summed E-state index contributed by atoms with van der Waals surface area (Å²) in [6.45, 7) is 3.37. The first-order valence-electron chi connectivity index (χ1n) is 7.25. The first-order chi connectivity index (χ1) is 10.5. The summed E-state index contributed by atoms with van der Waals surface area (Å²) in [7, 11) is 1.62. The van der Waals surface area contributed by atoms with Gasteiger partial charge in [-0.15, -0.1) is 0 Å². The largest absolute Gasteiger partial charge is 0.383 e. The predicted molar refractivity (Wildman–Crippen MR) is 82.0 cm³/mol. The fraction of sp³-hybridized carbons (Fsp3) is 0.533. The maximum Gasteiger partial charge on any atom is 0.285 e. The summed E-state index contributed by atoms with van der Waals surface area (Å²) in [4.78, 5) is 23.0. The molecule has 1 aliphatic heterocycles. The number of hydrogen-bond acceptors (Lipinski definition) is 5. The van der Waals surface area contributed by atoms with Gasteiger partial charge in [0.2, 0.25) is 0 Å². The van der Waals surface area contributed by atoms with Gasteiger partial charge in [-0.25, -0.2) is 0 Å². The number of ether oxygens (including phenoxy) is 1. The highest BCUT2D eigenvalue weighted by molar-refractivity contribution is 5.98. The maximum atomic E-state index is 12.3. The molecule has 1 atom stereocenters. The Morgan fingerprint density at radius 2 is 2.32 bits per heavy atom. The summed E-state index contributed by atoms with van der Waals surface area (Å²) in [5.74, 6) is -0.431. The third kappa shape index (κ3) is 3.42. The number of nitro groups is 1. The van der Waals surface area contributed by atoms with Gasteiger partial charge >= 0.3 is 0 Å². The number of carbonyl (C=O) groups excluding carboxylic acids is 1. The van der Waals surface area contributed by atoms with Crippen LogP contribution in [-0.4, -0.2) is 43.2 Å². The fourth-order valence-corrected chi connectivity index (χ4v) is 2.90. The van der Waals surface area contributed by atoms with Crippen molar-refractivity contribution in [2.75, 3.05) is 26.8 Å². The molecule has 0 spiro atoms. The third-order valence-corrected chi connectivity index (χ3v) is 4.01. The second kappa shape index (κ2) is 6.85. The van der Waals surface area contributed by atoms with E-state index in [9.17, 15) is 14.9 Å². The van der Waals surface area contributed by atoms with Crippen molar-refractivity contribution in [3.05, 3.63) is 39.4 Å². The Kier molecular flexibility index (Phi) is 5.10. The van der Waals surface area contributed by atoms with Gasteiger partial charge in [-0.1, -0.05) is 12.1 Å². The predicted octanol–water partition coefficient (Wildman–Crippen LogP) is 1.40. The molecule has 1 unspecified atom stereocenters. The molecule has 2 N–H and O–H groups in total. The van der Waals surface area contributed by atoms with E-state index in [1.54, 1.807) is 26.2 Å². The molecule has 1 heterocycles. The Morgan fingerprint density at radius 3 is 2.91 bits per heavy atom. The first kappa shape index (κ1) is 16.4. The summed E-state index contributed by atoms with van der Waals surface area (Å²) in [6.07, 6.45) is 1.92. The molecule has 1 aromatic rings. The Balaban J connectivity index is 2.13.